The van der Waals surface area contributed by atoms with Gasteiger partial charge in [0.2, 0.25) is 5.91 Å². The third kappa shape index (κ3) is 1.59. The summed E-state index contributed by atoms with van der Waals surface area (Å²) in [5, 5.41) is 8.42. The van der Waals surface area contributed by atoms with Crippen LogP contribution in [0.5, 0.6) is 0 Å². The Bertz CT molecular complexity index is 741. The van der Waals surface area contributed by atoms with Crippen molar-refractivity contribution in [3.63, 3.8) is 0 Å². The number of benzene rings is 1. The van der Waals surface area contributed by atoms with Crippen LogP contribution in [0.15, 0.2) is 24.3 Å². The van der Waals surface area contributed by atoms with Gasteiger partial charge in [-0.15, -0.1) is 11.3 Å². The van der Waals surface area contributed by atoms with E-state index in [1.807, 2.05) is 30.8 Å². The van der Waals surface area contributed by atoms with Gasteiger partial charge in [-0.3, -0.25) is 9.48 Å². The summed E-state index contributed by atoms with van der Waals surface area (Å²) in [5.41, 5.74) is 1.09. The lowest BCUT2D eigenvalue weighted by atomic mass is 10.2. The summed E-state index contributed by atoms with van der Waals surface area (Å²) >= 11 is 1.66. The molecule has 0 aliphatic heterocycles. The van der Waals surface area contributed by atoms with Gasteiger partial charge < -0.3 is 5.32 Å². The van der Waals surface area contributed by atoms with Gasteiger partial charge in [0.25, 0.3) is 0 Å². The number of carbonyl (C=O) groups is 1. The van der Waals surface area contributed by atoms with Crippen molar-refractivity contribution in [3.05, 3.63) is 24.3 Å². The summed E-state index contributed by atoms with van der Waals surface area (Å²) in [7, 11) is 1.91. The molecular weight excluding hydrogens is 246 g/mol. The van der Waals surface area contributed by atoms with Crippen molar-refractivity contribution >= 4 is 43.4 Å². The number of nitrogens with zero attached hydrogens (tertiary/aromatic N) is 2. The van der Waals surface area contributed by atoms with Gasteiger partial charge in [0.1, 0.15) is 0 Å². The molecule has 0 bridgehead atoms. The van der Waals surface area contributed by atoms with E-state index >= 15 is 0 Å². The van der Waals surface area contributed by atoms with Crippen LogP contribution < -0.4 is 5.32 Å². The standard InChI is InChI=1S/C13H13N3OS/c1-3-10(17)14-13-12-11(16(2)15-13)8-6-4-5-7-9(8)18-12/h4-7H,3H2,1-2H3,(H,14,15,17). The molecule has 0 saturated carbocycles. The molecule has 1 aromatic carbocycles. The molecule has 3 rings (SSSR count). The van der Waals surface area contributed by atoms with Gasteiger partial charge in [-0.05, 0) is 6.07 Å². The van der Waals surface area contributed by atoms with Gasteiger partial charge in [-0.1, -0.05) is 25.1 Å². The molecule has 0 unspecified atom stereocenters. The van der Waals surface area contributed by atoms with E-state index in [0.717, 1.165) is 10.2 Å². The number of carbonyl (C=O) groups excluding carboxylic acids is 1. The first-order valence-electron chi connectivity index (χ1n) is 5.84. The van der Waals surface area contributed by atoms with Gasteiger partial charge in [-0.25, -0.2) is 0 Å². The van der Waals surface area contributed by atoms with Gasteiger partial charge in [0, 0.05) is 23.6 Å². The van der Waals surface area contributed by atoms with E-state index in [-0.39, 0.29) is 5.91 Å². The van der Waals surface area contributed by atoms with Crippen molar-refractivity contribution in [3.8, 4) is 0 Å². The molecule has 3 aromatic rings. The molecule has 2 aromatic heterocycles. The molecule has 0 saturated heterocycles. The summed E-state index contributed by atoms with van der Waals surface area (Å²) in [6.45, 7) is 1.83. The fourth-order valence-corrected chi connectivity index (χ4v) is 3.23. The Kier molecular flexibility index (Phi) is 2.56. The Morgan fingerprint density at radius 2 is 2.22 bits per heavy atom. The second-order valence-corrected chi connectivity index (χ2v) is 5.20. The van der Waals surface area contributed by atoms with Crippen LogP contribution in [0.25, 0.3) is 20.3 Å². The average molecular weight is 259 g/mol. The van der Waals surface area contributed by atoms with Crippen LogP contribution in [0.3, 0.4) is 0 Å². The minimum atomic E-state index is -0.00699. The monoisotopic (exact) mass is 259 g/mol. The quantitative estimate of drug-likeness (QED) is 0.768. The number of anilines is 1. The van der Waals surface area contributed by atoms with E-state index in [2.05, 4.69) is 22.5 Å². The van der Waals surface area contributed by atoms with Gasteiger partial charge >= 0.3 is 0 Å². The van der Waals surface area contributed by atoms with Gasteiger partial charge in [0.05, 0.1) is 10.2 Å². The maximum absolute atomic E-state index is 11.5. The molecule has 0 atom stereocenters. The predicted octanol–water partition coefficient (Wildman–Crippen LogP) is 3.14. The van der Waals surface area contributed by atoms with E-state index in [0.29, 0.717) is 12.2 Å². The third-order valence-corrected chi connectivity index (χ3v) is 4.10. The smallest absolute Gasteiger partial charge is 0.225 e. The van der Waals surface area contributed by atoms with Crippen LogP contribution in [0, 0.1) is 0 Å². The Morgan fingerprint density at radius 3 is 3.00 bits per heavy atom. The fourth-order valence-electron chi connectivity index (χ4n) is 2.06. The highest BCUT2D eigenvalue weighted by Crippen LogP contribution is 2.37. The van der Waals surface area contributed by atoms with Crippen LogP contribution in [-0.4, -0.2) is 15.7 Å². The topological polar surface area (TPSA) is 46.9 Å². The highest BCUT2D eigenvalue weighted by atomic mass is 32.1. The van der Waals surface area contributed by atoms with E-state index in [9.17, 15) is 4.79 Å². The van der Waals surface area contributed by atoms with Crippen LogP contribution >= 0.6 is 11.3 Å². The number of aromatic nitrogens is 2. The fraction of sp³-hybridized carbons (Fsp3) is 0.231. The zero-order valence-corrected chi connectivity index (χ0v) is 11.0. The molecular formula is C13H13N3OS. The lowest BCUT2D eigenvalue weighted by Gasteiger charge is -1.97. The van der Waals surface area contributed by atoms with Crippen LogP contribution in [0.2, 0.25) is 0 Å². The lowest BCUT2D eigenvalue weighted by Crippen LogP contribution is -2.10. The largest absolute Gasteiger partial charge is 0.308 e. The first kappa shape index (κ1) is 11.2. The Labute approximate surface area is 108 Å². The molecule has 0 fully saturated rings. The van der Waals surface area contributed by atoms with Gasteiger partial charge in [-0.2, -0.15) is 5.10 Å². The summed E-state index contributed by atoms with van der Waals surface area (Å²) in [5.74, 6) is 0.660. The number of nitrogens with one attached hydrogen (secondary N) is 1. The Hall–Kier alpha value is -1.88. The van der Waals surface area contributed by atoms with E-state index in [1.54, 1.807) is 11.3 Å². The zero-order chi connectivity index (χ0) is 12.7. The molecule has 0 spiro atoms. The molecule has 0 aliphatic carbocycles. The highest BCUT2D eigenvalue weighted by Gasteiger charge is 2.15. The number of fused-ring (bicyclic) bond motifs is 3. The molecule has 0 aliphatic rings. The first-order chi connectivity index (χ1) is 8.70. The molecule has 1 amide bonds. The summed E-state index contributed by atoms with van der Waals surface area (Å²) in [6, 6.07) is 8.22. The summed E-state index contributed by atoms with van der Waals surface area (Å²) in [4.78, 5) is 11.5. The molecule has 2 heterocycles. The molecule has 18 heavy (non-hydrogen) atoms. The average Bonchev–Trinajstić information content (AvgIpc) is 2.88. The van der Waals surface area contributed by atoms with Gasteiger partial charge in [0.15, 0.2) is 5.82 Å². The number of hydrogen-bond acceptors (Lipinski definition) is 3. The first-order valence-corrected chi connectivity index (χ1v) is 6.66. The van der Waals surface area contributed by atoms with E-state index < -0.39 is 0 Å². The number of aryl methyl sites for hydroxylation is 1. The zero-order valence-electron chi connectivity index (χ0n) is 10.2. The number of thiophene rings is 1. The molecule has 0 radical (unpaired) electrons. The molecule has 1 N–H and O–H groups in total. The minimum Gasteiger partial charge on any atom is -0.308 e. The number of hydrogen-bond donors (Lipinski definition) is 1. The Morgan fingerprint density at radius 1 is 1.44 bits per heavy atom. The van der Waals surface area contributed by atoms with Crippen molar-refractivity contribution in [1.29, 1.82) is 0 Å². The number of rotatable bonds is 2. The number of amides is 1. The van der Waals surface area contributed by atoms with E-state index in [1.165, 1.54) is 10.1 Å². The van der Waals surface area contributed by atoms with Crippen LogP contribution in [0.4, 0.5) is 5.82 Å². The molecule has 5 heteroatoms. The van der Waals surface area contributed by atoms with Crippen molar-refractivity contribution in [1.82, 2.24) is 9.78 Å². The van der Waals surface area contributed by atoms with E-state index in [4.69, 9.17) is 0 Å². The maximum Gasteiger partial charge on any atom is 0.225 e. The molecule has 92 valence electrons. The van der Waals surface area contributed by atoms with Crippen molar-refractivity contribution in [2.45, 2.75) is 13.3 Å². The molecule has 4 nitrogen and oxygen atoms in total. The highest BCUT2D eigenvalue weighted by molar-refractivity contribution is 7.26. The van der Waals surface area contributed by atoms with Crippen molar-refractivity contribution in [2.24, 2.45) is 7.05 Å². The summed E-state index contributed by atoms with van der Waals surface area (Å²) < 4.78 is 4.09. The third-order valence-electron chi connectivity index (χ3n) is 2.94. The Balaban J connectivity index is 2.25. The minimum absolute atomic E-state index is 0.00699. The lowest BCUT2D eigenvalue weighted by molar-refractivity contribution is -0.115. The van der Waals surface area contributed by atoms with Crippen molar-refractivity contribution < 1.29 is 4.79 Å². The van der Waals surface area contributed by atoms with Crippen molar-refractivity contribution in [2.75, 3.05) is 5.32 Å². The maximum atomic E-state index is 11.5. The predicted molar refractivity (Wildman–Crippen MR) is 75.0 cm³/mol. The second kappa shape index (κ2) is 4.10. The second-order valence-electron chi connectivity index (χ2n) is 4.15. The van der Waals surface area contributed by atoms with Crippen LogP contribution in [-0.2, 0) is 11.8 Å². The normalized spacial score (nSPS) is 11.2. The van der Waals surface area contributed by atoms with Crippen LogP contribution in [0.1, 0.15) is 13.3 Å². The summed E-state index contributed by atoms with van der Waals surface area (Å²) in [6.07, 6.45) is 0.461. The SMILES string of the molecule is CCC(=O)Nc1nn(C)c2c1sc1ccccc12.